The van der Waals surface area contributed by atoms with Gasteiger partial charge in [0, 0.05) is 12.5 Å². The Hall–Kier alpha value is -1.84. The van der Waals surface area contributed by atoms with Gasteiger partial charge in [-0.05, 0) is 25.0 Å². The van der Waals surface area contributed by atoms with Crippen molar-refractivity contribution in [2.24, 2.45) is 5.92 Å². The summed E-state index contributed by atoms with van der Waals surface area (Å²) in [4.78, 5) is 15.9. The predicted molar refractivity (Wildman–Crippen MR) is 68.9 cm³/mol. The molecule has 1 aromatic heterocycles. The monoisotopic (exact) mass is 231 g/mol. The minimum Gasteiger partial charge on any atom is -0.367 e. The second kappa shape index (κ2) is 5.48. The van der Waals surface area contributed by atoms with Gasteiger partial charge in [0.2, 0.25) is 5.91 Å². The second-order valence-electron chi connectivity index (χ2n) is 4.22. The van der Waals surface area contributed by atoms with Crippen molar-refractivity contribution in [3.63, 3.8) is 0 Å². The maximum atomic E-state index is 11.7. The second-order valence-corrected chi connectivity index (χ2v) is 4.22. The van der Waals surface area contributed by atoms with Gasteiger partial charge in [-0.3, -0.25) is 4.79 Å². The van der Waals surface area contributed by atoms with Crippen molar-refractivity contribution in [1.82, 2.24) is 4.98 Å². The maximum Gasteiger partial charge on any atom is 0.227 e. The molecule has 0 unspecified atom stereocenters. The van der Waals surface area contributed by atoms with Crippen LogP contribution in [-0.4, -0.2) is 17.4 Å². The molecule has 0 radical (unpaired) electrons. The van der Waals surface area contributed by atoms with Crippen LogP contribution in [0.2, 0.25) is 0 Å². The summed E-state index contributed by atoms with van der Waals surface area (Å²) >= 11 is 0. The average molecular weight is 231 g/mol. The molecule has 0 bridgehead atoms. The molecule has 1 fully saturated rings. The number of rotatable bonds is 5. The summed E-state index contributed by atoms with van der Waals surface area (Å²) in [6, 6.07) is 3.70. The van der Waals surface area contributed by atoms with Crippen LogP contribution < -0.4 is 10.6 Å². The zero-order valence-electron chi connectivity index (χ0n) is 9.78. The summed E-state index contributed by atoms with van der Waals surface area (Å²) in [5, 5.41) is 5.96. The molecule has 1 aliphatic rings. The van der Waals surface area contributed by atoms with Gasteiger partial charge in [0.1, 0.15) is 5.82 Å². The highest BCUT2D eigenvalue weighted by Crippen LogP contribution is 2.27. The van der Waals surface area contributed by atoms with E-state index in [1.54, 1.807) is 12.3 Å². The first-order chi connectivity index (χ1) is 8.29. The third kappa shape index (κ3) is 3.06. The zero-order valence-corrected chi connectivity index (χ0v) is 9.78. The van der Waals surface area contributed by atoms with E-state index in [9.17, 15) is 4.79 Å². The van der Waals surface area contributed by atoms with Gasteiger partial charge in [-0.2, -0.15) is 0 Å². The number of amides is 1. The van der Waals surface area contributed by atoms with E-state index in [4.69, 9.17) is 0 Å². The lowest BCUT2D eigenvalue weighted by molar-refractivity contribution is -0.122. The molecule has 1 aliphatic carbocycles. The molecule has 0 saturated heterocycles. The van der Waals surface area contributed by atoms with E-state index >= 15 is 0 Å². The Morgan fingerprint density at radius 1 is 1.53 bits per heavy atom. The van der Waals surface area contributed by atoms with Crippen LogP contribution in [0.5, 0.6) is 0 Å². The van der Waals surface area contributed by atoms with Gasteiger partial charge in [-0.25, -0.2) is 4.98 Å². The Kier molecular flexibility index (Phi) is 3.75. The minimum atomic E-state index is 0.116. The van der Waals surface area contributed by atoms with E-state index in [-0.39, 0.29) is 11.8 Å². The summed E-state index contributed by atoms with van der Waals surface area (Å²) < 4.78 is 0. The fraction of sp³-hybridized carbons (Fsp3) is 0.385. The molecule has 0 atom stereocenters. The maximum absolute atomic E-state index is 11.7. The lowest BCUT2D eigenvalue weighted by Crippen LogP contribution is -2.28. The Labute approximate surface area is 101 Å². The fourth-order valence-corrected chi connectivity index (χ4v) is 1.66. The summed E-state index contributed by atoms with van der Waals surface area (Å²) in [5.41, 5.74) is 0.756. The number of aromatic nitrogens is 1. The van der Waals surface area contributed by atoms with Gasteiger partial charge in [0.25, 0.3) is 0 Å². The van der Waals surface area contributed by atoms with Crippen LogP contribution in [0, 0.1) is 5.92 Å². The van der Waals surface area contributed by atoms with E-state index in [0.29, 0.717) is 6.54 Å². The lowest BCUT2D eigenvalue weighted by Gasteiger charge is -2.23. The molecule has 2 N–H and O–H groups in total. The van der Waals surface area contributed by atoms with Crippen molar-refractivity contribution in [3.05, 3.63) is 31.0 Å². The molecule has 4 heteroatoms. The molecule has 4 nitrogen and oxygen atoms in total. The van der Waals surface area contributed by atoms with E-state index in [1.165, 1.54) is 6.42 Å². The zero-order chi connectivity index (χ0) is 12.1. The highest BCUT2D eigenvalue weighted by atomic mass is 16.1. The highest BCUT2D eigenvalue weighted by molar-refractivity contribution is 5.92. The van der Waals surface area contributed by atoms with Gasteiger partial charge in [0.05, 0.1) is 11.9 Å². The normalized spacial score (nSPS) is 14.8. The third-order valence-corrected chi connectivity index (χ3v) is 2.93. The van der Waals surface area contributed by atoms with Crippen LogP contribution in [0.3, 0.4) is 0 Å². The van der Waals surface area contributed by atoms with Gasteiger partial charge >= 0.3 is 0 Å². The van der Waals surface area contributed by atoms with E-state index < -0.39 is 0 Å². The van der Waals surface area contributed by atoms with E-state index in [1.807, 2.05) is 12.1 Å². The molecule has 2 rings (SSSR count). The molecule has 1 amide bonds. The van der Waals surface area contributed by atoms with Crippen LogP contribution in [0.15, 0.2) is 31.0 Å². The number of nitrogens with zero attached hydrogens (tertiary/aromatic N) is 1. The number of anilines is 2. The smallest absolute Gasteiger partial charge is 0.227 e. The Balaban J connectivity index is 1.88. The van der Waals surface area contributed by atoms with Gasteiger partial charge in [-0.15, -0.1) is 6.58 Å². The summed E-state index contributed by atoms with van der Waals surface area (Å²) in [7, 11) is 0. The van der Waals surface area contributed by atoms with Crippen LogP contribution in [0.4, 0.5) is 11.5 Å². The Morgan fingerprint density at radius 2 is 2.35 bits per heavy atom. The first-order valence-electron chi connectivity index (χ1n) is 5.91. The summed E-state index contributed by atoms with van der Waals surface area (Å²) in [5.74, 6) is 1.10. The number of hydrogen-bond donors (Lipinski definition) is 2. The van der Waals surface area contributed by atoms with Crippen molar-refractivity contribution >= 4 is 17.4 Å². The van der Waals surface area contributed by atoms with Crippen molar-refractivity contribution in [2.45, 2.75) is 19.3 Å². The summed E-state index contributed by atoms with van der Waals surface area (Å²) in [6.07, 6.45) is 6.63. The molecule has 1 aromatic rings. The van der Waals surface area contributed by atoms with Crippen molar-refractivity contribution < 1.29 is 4.79 Å². The van der Waals surface area contributed by atoms with Crippen LogP contribution in [0.25, 0.3) is 0 Å². The Bertz CT molecular complexity index is 396. The average Bonchev–Trinajstić information content (AvgIpc) is 2.26. The van der Waals surface area contributed by atoms with Crippen LogP contribution in [0.1, 0.15) is 19.3 Å². The van der Waals surface area contributed by atoms with Gasteiger partial charge < -0.3 is 10.6 Å². The Morgan fingerprint density at radius 3 is 2.88 bits per heavy atom. The largest absolute Gasteiger partial charge is 0.367 e. The number of carbonyl (C=O) groups excluding carboxylic acids is 1. The molecule has 0 spiro atoms. The summed E-state index contributed by atoms with van der Waals surface area (Å²) in [6.45, 7) is 4.30. The fourth-order valence-electron chi connectivity index (χ4n) is 1.66. The molecular formula is C13H17N3O. The van der Waals surface area contributed by atoms with Crippen molar-refractivity contribution in [2.75, 3.05) is 17.2 Å². The van der Waals surface area contributed by atoms with E-state index in [0.717, 1.165) is 24.3 Å². The lowest BCUT2D eigenvalue weighted by atomic mass is 9.85. The number of carbonyl (C=O) groups is 1. The number of hydrogen-bond acceptors (Lipinski definition) is 3. The first kappa shape index (κ1) is 11.6. The molecule has 1 heterocycles. The van der Waals surface area contributed by atoms with Crippen molar-refractivity contribution in [1.29, 1.82) is 0 Å². The predicted octanol–water partition coefficient (Wildman–Crippen LogP) is 2.42. The molecule has 90 valence electrons. The standard InChI is InChI=1S/C13H17N3O/c1-2-8-14-12-7-6-11(9-15-12)16-13(17)10-4-3-5-10/h2,6-7,9-10H,1,3-5,8H2,(H,14,15)(H,16,17). The number of pyridine rings is 1. The molecule has 0 aromatic carbocycles. The van der Waals surface area contributed by atoms with Crippen LogP contribution in [-0.2, 0) is 4.79 Å². The van der Waals surface area contributed by atoms with E-state index in [2.05, 4.69) is 22.2 Å². The van der Waals surface area contributed by atoms with Crippen LogP contribution >= 0.6 is 0 Å². The van der Waals surface area contributed by atoms with Gasteiger partial charge in [0.15, 0.2) is 0 Å². The highest BCUT2D eigenvalue weighted by Gasteiger charge is 2.25. The third-order valence-electron chi connectivity index (χ3n) is 2.93. The van der Waals surface area contributed by atoms with Gasteiger partial charge in [-0.1, -0.05) is 12.5 Å². The molecular weight excluding hydrogens is 214 g/mol. The minimum absolute atomic E-state index is 0.116. The van der Waals surface area contributed by atoms with Crippen molar-refractivity contribution in [3.8, 4) is 0 Å². The number of nitrogens with one attached hydrogen (secondary N) is 2. The first-order valence-corrected chi connectivity index (χ1v) is 5.91. The SMILES string of the molecule is C=CCNc1ccc(NC(=O)C2CCC2)cn1. The topological polar surface area (TPSA) is 54.0 Å². The molecule has 17 heavy (non-hydrogen) atoms. The molecule has 1 saturated carbocycles. The molecule has 0 aliphatic heterocycles. The quantitative estimate of drug-likeness (QED) is 0.765.